The first kappa shape index (κ1) is 16.5. The highest BCUT2D eigenvalue weighted by Gasteiger charge is 2.37. The molecule has 2 atom stereocenters. The van der Waals surface area contributed by atoms with Crippen LogP contribution in [-0.2, 0) is 20.9 Å². The van der Waals surface area contributed by atoms with E-state index in [0.717, 1.165) is 11.1 Å². The molecule has 1 aromatic carbocycles. The van der Waals surface area contributed by atoms with Crippen LogP contribution in [-0.4, -0.2) is 54.2 Å². The molecule has 22 heavy (non-hydrogen) atoms. The summed E-state index contributed by atoms with van der Waals surface area (Å²) >= 11 is 0. The fraction of sp³-hybridized carbons (Fsp3) is 0.500. The van der Waals surface area contributed by atoms with Crippen molar-refractivity contribution >= 4 is 11.9 Å². The number of carbonyl (C=O) groups excluding carboxylic acids is 2. The largest absolute Gasteiger partial charge is 0.468 e. The lowest BCUT2D eigenvalue weighted by Gasteiger charge is -2.21. The number of aryl methyl sites for hydroxylation is 1. The van der Waals surface area contributed by atoms with Gasteiger partial charge in [-0.15, -0.1) is 0 Å². The van der Waals surface area contributed by atoms with Gasteiger partial charge in [0.1, 0.15) is 6.04 Å². The molecule has 0 aliphatic carbocycles. The third kappa shape index (κ3) is 4.05. The van der Waals surface area contributed by atoms with E-state index in [-0.39, 0.29) is 12.5 Å². The summed E-state index contributed by atoms with van der Waals surface area (Å²) in [5.41, 5.74) is 2.17. The van der Waals surface area contributed by atoms with Crippen LogP contribution < -0.4 is 5.32 Å². The SMILES string of the molecule is COC(=O)[C@@H]1C[C@@H](O)CN1CC(=O)NCc1ccccc1C. The topological polar surface area (TPSA) is 78.9 Å². The molecular weight excluding hydrogens is 284 g/mol. The van der Waals surface area contributed by atoms with E-state index in [4.69, 9.17) is 4.74 Å². The molecule has 1 saturated heterocycles. The number of nitrogens with zero attached hydrogens (tertiary/aromatic N) is 1. The number of methoxy groups -OCH3 is 1. The molecule has 120 valence electrons. The van der Waals surface area contributed by atoms with Crippen molar-refractivity contribution in [2.24, 2.45) is 0 Å². The van der Waals surface area contributed by atoms with Gasteiger partial charge >= 0.3 is 5.97 Å². The standard InChI is InChI=1S/C16H22N2O4/c1-11-5-3-4-6-12(11)8-17-15(20)10-18-9-13(19)7-14(18)16(21)22-2/h3-6,13-14,19H,7-10H2,1-2H3,(H,17,20)/t13-,14+/m1/s1. The summed E-state index contributed by atoms with van der Waals surface area (Å²) in [5.74, 6) is -0.588. The Balaban J connectivity index is 1.88. The normalized spacial score (nSPS) is 21.6. The number of nitrogens with one attached hydrogen (secondary N) is 1. The molecule has 6 nitrogen and oxygen atoms in total. The Morgan fingerprint density at radius 3 is 2.82 bits per heavy atom. The van der Waals surface area contributed by atoms with Crippen LogP contribution in [0.15, 0.2) is 24.3 Å². The minimum Gasteiger partial charge on any atom is -0.468 e. The second-order valence-corrected chi connectivity index (χ2v) is 5.56. The van der Waals surface area contributed by atoms with Gasteiger partial charge in [0.15, 0.2) is 0 Å². The summed E-state index contributed by atoms with van der Waals surface area (Å²) < 4.78 is 4.72. The first-order chi connectivity index (χ1) is 10.5. The van der Waals surface area contributed by atoms with Gasteiger partial charge in [0.05, 0.1) is 19.8 Å². The number of ether oxygens (including phenoxy) is 1. The lowest BCUT2D eigenvalue weighted by atomic mass is 10.1. The van der Waals surface area contributed by atoms with Crippen molar-refractivity contribution in [3.8, 4) is 0 Å². The number of aliphatic hydroxyl groups excluding tert-OH is 1. The van der Waals surface area contributed by atoms with Crippen molar-refractivity contribution in [3.63, 3.8) is 0 Å². The van der Waals surface area contributed by atoms with Crippen molar-refractivity contribution in [2.45, 2.75) is 32.0 Å². The molecule has 1 aliphatic rings. The molecule has 0 aromatic heterocycles. The predicted octanol–water partition coefficient (Wildman–Crippen LogP) is 0.219. The predicted molar refractivity (Wildman–Crippen MR) is 81.0 cm³/mol. The van der Waals surface area contributed by atoms with Gasteiger partial charge in [0.2, 0.25) is 5.91 Å². The Morgan fingerprint density at radius 2 is 2.14 bits per heavy atom. The number of esters is 1. The Hall–Kier alpha value is -1.92. The van der Waals surface area contributed by atoms with Crippen molar-refractivity contribution in [1.29, 1.82) is 0 Å². The van der Waals surface area contributed by atoms with Crippen LogP contribution >= 0.6 is 0 Å². The molecule has 0 bridgehead atoms. The number of amides is 1. The average Bonchev–Trinajstić information content (AvgIpc) is 2.86. The van der Waals surface area contributed by atoms with E-state index in [1.54, 1.807) is 4.90 Å². The molecule has 0 unspecified atom stereocenters. The molecule has 1 fully saturated rings. The Bertz CT molecular complexity index is 547. The summed E-state index contributed by atoms with van der Waals surface area (Å²) in [6.07, 6.45) is -0.300. The highest BCUT2D eigenvalue weighted by molar-refractivity contribution is 5.80. The van der Waals surface area contributed by atoms with E-state index in [1.807, 2.05) is 31.2 Å². The minimum absolute atomic E-state index is 0.0721. The molecule has 6 heteroatoms. The van der Waals surface area contributed by atoms with Gasteiger partial charge in [0.25, 0.3) is 0 Å². The van der Waals surface area contributed by atoms with Gasteiger partial charge in [-0.05, 0) is 18.1 Å². The van der Waals surface area contributed by atoms with Crippen LogP contribution in [0.5, 0.6) is 0 Å². The molecule has 1 heterocycles. The van der Waals surface area contributed by atoms with Crippen molar-refractivity contribution in [3.05, 3.63) is 35.4 Å². The molecule has 2 N–H and O–H groups in total. The summed E-state index contributed by atoms with van der Waals surface area (Å²) in [4.78, 5) is 25.4. The van der Waals surface area contributed by atoms with Crippen LogP contribution in [0.1, 0.15) is 17.5 Å². The van der Waals surface area contributed by atoms with Gasteiger partial charge in [-0.25, -0.2) is 0 Å². The summed E-state index contributed by atoms with van der Waals surface area (Å²) in [5, 5.41) is 12.5. The second kappa shape index (κ2) is 7.38. The second-order valence-electron chi connectivity index (χ2n) is 5.56. The van der Waals surface area contributed by atoms with Crippen molar-refractivity contribution in [2.75, 3.05) is 20.2 Å². The van der Waals surface area contributed by atoms with Gasteiger partial charge in [-0.3, -0.25) is 14.5 Å². The van der Waals surface area contributed by atoms with Crippen LogP contribution in [0, 0.1) is 6.92 Å². The average molecular weight is 306 g/mol. The lowest BCUT2D eigenvalue weighted by Crippen LogP contribution is -2.43. The lowest BCUT2D eigenvalue weighted by molar-refractivity contribution is -0.146. The molecule has 2 rings (SSSR count). The zero-order valence-corrected chi connectivity index (χ0v) is 12.9. The van der Waals surface area contributed by atoms with Crippen LogP contribution in [0.4, 0.5) is 0 Å². The molecule has 0 radical (unpaired) electrons. The van der Waals surface area contributed by atoms with Gasteiger partial charge in [-0.1, -0.05) is 24.3 Å². The maximum atomic E-state index is 12.1. The number of aliphatic hydroxyl groups is 1. The van der Waals surface area contributed by atoms with Crippen LogP contribution in [0.25, 0.3) is 0 Å². The van der Waals surface area contributed by atoms with E-state index in [2.05, 4.69) is 5.32 Å². The molecule has 1 aliphatic heterocycles. The number of benzene rings is 1. The fourth-order valence-electron chi connectivity index (χ4n) is 2.68. The molecule has 1 amide bonds. The highest BCUT2D eigenvalue weighted by atomic mass is 16.5. The molecule has 0 saturated carbocycles. The van der Waals surface area contributed by atoms with E-state index in [1.165, 1.54) is 7.11 Å². The first-order valence-electron chi connectivity index (χ1n) is 7.32. The summed E-state index contributed by atoms with van der Waals surface area (Å²) in [6.45, 7) is 2.82. The smallest absolute Gasteiger partial charge is 0.323 e. The summed E-state index contributed by atoms with van der Waals surface area (Å²) in [6, 6.07) is 7.29. The maximum Gasteiger partial charge on any atom is 0.323 e. The van der Waals surface area contributed by atoms with E-state index in [0.29, 0.717) is 19.5 Å². The van der Waals surface area contributed by atoms with E-state index >= 15 is 0 Å². The maximum absolute atomic E-state index is 12.1. The number of hydrogen-bond donors (Lipinski definition) is 2. The number of carbonyl (C=O) groups is 2. The van der Waals surface area contributed by atoms with Gasteiger partial charge < -0.3 is 15.2 Å². The minimum atomic E-state index is -0.603. The molecular formula is C16H22N2O4. The molecule has 1 aromatic rings. The number of hydrogen-bond acceptors (Lipinski definition) is 5. The quantitative estimate of drug-likeness (QED) is 0.761. The zero-order valence-electron chi connectivity index (χ0n) is 12.9. The Morgan fingerprint density at radius 1 is 1.41 bits per heavy atom. The van der Waals surface area contributed by atoms with Crippen LogP contribution in [0.3, 0.4) is 0 Å². The van der Waals surface area contributed by atoms with Crippen molar-refractivity contribution < 1.29 is 19.4 Å². The Labute approximate surface area is 130 Å². The van der Waals surface area contributed by atoms with E-state index < -0.39 is 18.1 Å². The number of rotatable bonds is 5. The van der Waals surface area contributed by atoms with Gasteiger partial charge in [-0.2, -0.15) is 0 Å². The highest BCUT2D eigenvalue weighted by Crippen LogP contribution is 2.18. The Kier molecular flexibility index (Phi) is 5.51. The number of likely N-dealkylation sites (tertiary alicyclic amines) is 1. The van der Waals surface area contributed by atoms with E-state index in [9.17, 15) is 14.7 Å². The third-order valence-electron chi connectivity index (χ3n) is 3.94. The van der Waals surface area contributed by atoms with Crippen LogP contribution in [0.2, 0.25) is 0 Å². The zero-order chi connectivity index (χ0) is 16.1. The van der Waals surface area contributed by atoms with Crippen molar-refractivity contribution in [1.82, 2.24) is 10.2 Å². The summed E-state index contributed by atoms with van der Waals surface area (Å²) in [7, 11) is 1.31. The monoisotopic (exact) mass is 306 g/mol. The van der Waals surface area contributed by atoms with Gasteiger partial charge in [0, 0.05) is 19.5 Å². The number of β-amino-alcohol motifs (C(OH)–C–C–N with tert-alkyl or cyclic N) is 1. The fourth-order valence-corrected chi connectivity index (χ4v) is 2.68. The molecule has 0 spiro atoms. The third-order valence-corrected chi connectivity index (χ3v) is 3.94. The first-order valence-corrected chi connectivity index (χ1v) is 7.32.